The molecule has 1 aliphatic rings. The molecule has 2 heterocycles. The molecule has 0 aliphatic carbocycles. The number of benzene rings is 1. The van der Waals surface area contributed by atoms with E-state index in [-0.39, 0.29) is 24.1 Å². The number of carbonyl (C=O) groups is 3. The summed E-state index contributed by atoms with van der Waals surface area (Å²) in [4.78, 5) is 48.5. The number of aryl methyl sites for hydroxylation is 1. The van der Waals surface area contributed by atoms with Crippen LogP contribution in [-0.4, -0.2) is 39.2 Å². The Kier molecular flexibility index (Phi) is 8.97. The predicted molar refractivity (Wildman–Crippen MR) is 137 cm³/mol. The van der Waals surface area contributed by atoms with Crippen molar-refractivity contribution in [1.82, 2.24) is 19.8 Å². The number of amides is 3. The van der Waals surface area contributed by atoms with E-state index in [1.165, 1.54) is 9.13 Å². The van der Waals surface area contributed by atoms with Gasteiger partial charge in [0.1, 0.15) is 11.6 Å². The van der Waals surface area contributed by atoms with Crippen LogP contribution in [0.5, 0.6) is 0 Å². The Balaban J connectivity index is 1.50. The molecule has 1 unspecified atom stereocenters. The lowest BCUT2D eigenvalue weighted by Gasteiger charge is -2.21. The van der Waals surface area contributed by atoms with E-state index in [0.29, 0.717) is 24.0 Å². The minimum absolute atomic E-state index is 0.207. The third-order valence-corrected chi connectivity index (χ3v) is 5.99. The van der Waals surface area contributed by atoms with Crippen molar-refractivity contribution in [3.05, 3.63) is 34.2 Å². The molecule has 0 radical (unpaired) electrons. The number of fused-ring (bicyclic) bond motifs is 1. The number of unbranched alkanes of at least 4 members (excludes halogenated alkanes) is 5. The minimum atomic E-state index is -0.707. The molecular weight excluding hydrogens is 460 g/mol. The molecule has 36 heavy (non-hydrogen) atoms. The molecule has 3 rings (SSSR count). The van der Waals surface area contributed by atoms with Crippen LogP contribution in [0.3, 0.4) is 0 Å². The summed E-state index contributed by atoms with van der Waals surface area (Å²) in [5, 5.41) is 5.10. The molecule has 1 atom stereocenters. The first-order chi connectivity index (χ1) is 17.1. The zero-order valence-electron chi connectivity index (χ0n) is 21.6. The van der Waals surface area contributed by atoms with Crippen LogP contribution < -0.4 is 16.3 Å². The summed E-state index contributed by atoms with van der Waals surface area (Å²) in [7, 11) is 1.68. The molecule has 9 nitrogen and oxygen atoms in total. The Morgan fingerprint density at radius 2 is 1.86 bits per heavy atom. The maximum Gasteiger partial charge on any atom is 0.407 e. The fraction of sp³-hybridized carbons (Fsp3) is 0.556. The van der Waals surface area contributed by atoms with Gasteiger partial charge in [0.15, 0.2) is 0 Å². The largest absolute Gasteiger partial charge is 0.444 e. The molecule has 2 aromatic rings. The fourth-order valence-corrected chi connectivity index (χ4v) is 4.30. The van der Waals surface area contributed by atoms with Crippen LogP contribution in [0.25, 0.3) is 11.0 Å². The van der Waals surface area contributed by atoms with Gasteiger partial charge >= 0.3 is 11.8 Å². The Morgan fingerprint density at radius 1 is 1.14 bits per heavy atom. The number of nitrogens with zero attached hydrogens (tertiary/aromatic N) is 2. The molecule has 1 fully saturated rings. The summed E-state index contributed by atoms with van der Waals surface area (Å²) in [5.41, 5.74) is 1.30. The van der Waals surface area contributed by atoms with Gasteiger partial charge in [-0.15, -0.1) is 0 Å². The zero-order chi connectivity index (χ0) is 26.3. The molecule has 0 saturated carbocycles. The third kappa shape index (κ3) is 7.00. The number of aromatic nitrogens is 2. The van der Waals surface area contributed by atoms with E-state index in [0.717, 1.165) is 44.1 Å². The van der Waals surface area contributed by atoms with Gasteiger partial charge < -0.3 is 10.1 Å². The van der Waals surface area contributed by atoms with E-state index in [1.807, 2.05) is 39.0 Å². The number of alkyl carbamates (subject to hydrolysis) is 1. The van der Waals surface area contributed by atoms with Gasteiger partial charge in [0.2, 0.25) is 11.8 Å². The van der Waals surface area contributed by atoms with Crippen LogP contribution in [0, 0.1) is 11.8 Å². The predicted octanol–water partition coefficient (Wildman–Crippen LogP) is 3.53. The van der Waals surface area contributed by atoms with Crippen LogP contribution in [0.15, 0.2) is 23.0 Å². The van der Waals surface area contributed by atoms with Gasteiger partial charge in [0, 0.05) is 26.4 Å². The lowest BCUT2D eigenvalue weighted by molar-refractivity contribution is -0.135. The van der Waals surface area contributed by atoms with Crippen LogP contribution in [0.2, 0.25) is 0 Å². The van der Waals surface area contributed by atoms with Gasteiger partial charge in [0.25, 0.3) is 0 Å². The standard InChI is InChI=1S/C27H36N4O5/c1-27(2,3)36-25(34)28-18-11-9-7-5-6-8-10-13-19-14-12-15-20-23(19)30(4)26(35)31(20)21-16-17-22(32)29-24(21)33/h12,14-15,21H,5-9,11,16-18H2,1-4H3,(H,28,34)(H,29,32,33). The molecular formula is C27H36N4O5. The van der Waals surface area contributed by atoms with Crippen molar-refractivity contribution in [2.75, 3.05) is 6.54 Å². The zero-order valence-corrected chi connectivity index (χ0v) is 21.6. The first kappa shape index (κ1) is 27.1. The van der Waals surface area contributed by atoms with Crippen LogP contribution in [0.4, 0.5) is 4.79 Å². The summed E-state index contributed by atoms with van der Waals surface area (Å²) in [6, 6.07) is 4.81. The topological polar surface area (TPSA) is 111 Å². The Hall–Kier alpha value is -3.54. The number of para-hydroxylation sites is 1. The first-order valence-electron chi connectivity index (χ1n) is 12.6. The molecule has 1 aromatic heterocycles. The van der Waals surface area contributed by atoms with Gasteiger partial charge in [-0.05, 0) is 52.2 Å². The number of rotatable bonds is 8. The number of hydrogen-bond donors (Lipinski definition) is 2. The molecule has 2 N–H and O–H groups in total. The normalized spacial score (nSPS) is 15.8. The number of hydrogen-bond acceptors (Lipinski definition) is 5. The first-order valence-corrected chi connectivity index (χ1v) is 12.6. The average Bonchev–Trinajstić information content (AvgIpc) is 3.05. The second kappa shape index (κ2) is 11.9. The van der Waals surface area contributed by atoms with Crippen molar-refractivity contribution in [3.8, 4) is 11.8 Å². The minimum Gasteiger partial charge on any atom is -0.444 e. The van der Waals surface area contributed by atoms with E-state index in [2.05, 4.69) is 22.5 Å². The molecule has 3 amide bonds. The van der Waals surface area contributed by atoms with Crippen LogP contribution in [0.1, 0.15) is 83.7 Å². The number of imidazole rings is 1. The van der Waals surface area contributed by atoms with Crippen molar-refractivity contribution < 1.29 is 19.1 Å². The third-order valence-electron chi connectivity index (χ3n) is 5.99. The second-order valence-electron chi connectivity index (χ2n) is 10.1. The maximum absolute atomic E-state index is 13.0. The molecule has 0 spiro atoms. The number of piperidine rings is 1. The number of nitrogens with one attached hydrogen (secondary N) is 2. The highest BCUT2D eigenvalue weighted by atomic mass is 16.6. The molecule has 194 valence electrons. The highest BCUT2D eigenvalue weighted by Gasteiger charge is 2.31. The lowest BCUT2D eigenvalue weighted by Crippen LogP contribution is -2.44. The monoisotopic (exact) mass is 496 g/mol. The average molecular weight is 497 g/mol. The van der Waals surface area contributed by atoms with Gasteiger partial charge in [-0.2, -0.15) is 0 Å². The summed E-state index contributed by atoms with van der Waals surface area (Å²) in [6.07, 6.45) is 5.90. The quantitative estimate of drug-likeness (QED) is 0.330. The highest BCUT2D eigenvalue weighted by molar-refractivity contribution is 6.00. The SMILES string of the molecule is Cn1c(=O)n(C2CCC(=O)NC2=O)c2cccc(C#CCCCCCCCNC(=O)OC(C)(C)C)c21. The van der Waals surface area contributed by atoms with Crippen LogP contribution >= 0.6 is 0 Å². The Bertz CT molecular complexity index is 1240. The number of imide groups is 1. The van der Waals surface area contributed by atoms with E-state index < -0.39 is 17.6 Å². The Labute approximate surface area is 211 Å². The van der Waals surface area contributed by atoms with Crippen molar-refractivity contribution in [2.45, 2.75) is 83.8 Å². The Morgan fingerprint density at radius 3 is 2.58 bits per heavy atom. The molecule has 1 aliphatic heterocycles. The molecule has 1 saturated heterocycles. The summed E-state index contributed by atoms with van der Waals surface area (Å²) < 4.78 is 8.21. The van der Waals surface area contributed by atoms with Crippen molar-refractivity contribution >= 4 is 28.9 Å². The summed E-state index contributed by atoms with van der Waals surface area (Å²) in [5.74, 6) is 5.65. The van der Waals surface area contributed by atoms with Crippen molar-refractivity contribution in [1.29, 1.82) is 0 Å². The molecule has 9 heteroatoms. The summed E-state index contributed by atoms with van der Waals surface area (Å²) in [6.45, 7) is 6.13. The second-order valence-corrected chi connectivity index (χ2v) is 10.1. The maximum atomic E-state index is 13.0. The van der Waals surface area contributed by atoms with Crippen molar-refractivity contribution in [3.63, 3.8) is 0 Å². The molecule has 0 bridgehead atoms. The van der Waals surface area contributed by atoms with Gasteiger partial charge in [-0.3, -0.25) is 24.0 Å². The molecule has 1 aromatic carbocycles. The highest BCUT2D eigenvalue weighted by Crippen LogP contribution is 2.24. The van der Waals surface area contributed by atoms with Gasteiger partial charge in [-0.25, -0.2) is 9.59 Å². The number of ether oxygens (including phenoxy) is 1. The number of carbonyl (C=O) groups excluding carboxylic acids is 3. The fourth-order valence-electron chi connectivity index (χ4n) is 4.30. The lowest BCUT2D eigenvalue weighted by atomic mass is 10.1. The van der Waals surface area contributed by atoms with Crippen molar-refractivity contribution in [2.24, 2.45) is 7.05 Å². The van der Waals surface area contributed by atoms with Crippen LogP contribution in [-0.2, 0) is 21.4 Å². The van der Waals surface area contributed by atoms with E-state index in [4.69, 9.17) is 4.74 Å². The van der Waals surface area contributed by atoms with E-state index >= 15 is 0 Å². The van der Waals surface area contributed by atoms with E-state index in [9.17, 15) is 19.2 Å². The van der Waals surface area contributed by atoms with E-state index in [1.54, 1.807) is 7.05 Å². The summed E-state index contributed by atoms with van der Waals surface area (Å²) >= 11 is 0. The van der Waals surface area contributed by atoms with Gasteiger partial charge in [-0.1, -0.05) is 37.2 Å². The smallest absolute Gasteiger partial charge is 0.407 e. The van der Waals surface area contributed by atoms with Gasteiger partial charge in [0.05, 0.1) is 16.6 Å².